The maximum absolute atomic E-state index is 10.8. The topological polar surface area (TPSA) is 96.8 Å². The van der Waals surface area contributed by atoms with Crippen molar-refractivity contribution < 1.29 is 19.0 Å². The van der Waals surface area contributed by atoms with Gasteiger partial charge in [-0.1, -0.05) is 6.92 Å². The van der Waals surface area contributed by atoms with Crippen molar-refractivity contribution in [3.63, 3.8) is 0 Å². The molecule has 0 fully saturated rings. The van der Waals surface area contributed by atoms with Crippen LogP contribution in [0, 0.1) is 0 Å². The van der Waals surface area contributed by atoms with Crippen LogP contribution in [0.3, 0.4) is 0 Å². The van der Waals surface area contributed by atoms with Gasteiger partial charge in [-0.05, 0) is 24.5 Å². The zero-order valence-corrected chi connectivity index (χ0v) is 11.6. The number of nitrogens with two attached hydrogens (primary N) is 2. The van der Waals surface area contributed by atoms with Crippen LogP contribution in [0.1, 0.15) is 25.3 Å². The van der Waals surface area contributed by atoms with Crippen molar-refractivity contribution in [1.29, 1.82) is 0 Å². The van der Waals surface area contributed by atoms with Crippen molar-refractivity contribution in [2.45, 2.75) is 32.2 Å². The molecule has 1 aliphatic rings. The Balaban J connectivity index is 2.15. The van der Waals surface area contributed by atoms with Gasteiger partial charge < -0.3 is 25.7 Å². The number of ether oxygens (including phenoxy) is 3. The van der Waals surface area contributed by atoms with Crippen LogP contribution in [0.2, 0.25) is 0 Å². The molecule has 6 heteroatoms. The maximum atomic E-state index is 10.8. The summed E-state index contributed by atoms with van der Waals surface area (Å²) in [4.78, 5) is 10.8. The minimum Gasteiger partial charge on any atom is -0.493 e. The van der Waals surface area contributed by atoms with E-state index in [4.69, 9.17) is 25.7 Å². The van der Waals surface area contributed by atoms with Gasteiger partial charge >= 0.3 is 0 Å². The lowest BCUT2D eigenvalue weighted by molar-refractivity contribution is -0.118. The summed E-state index contributed by atoms with van der Waals surface area (Å²) in [7, 11) is 0. The highest BCUT2D eigenvalue weighted by Crippen LogP contribution is 2.38. The van der Waals surface area contributed by atoms with Crippen molar-refractivity contribution in [3.8, 4) is 17.2 Å². The average molecular weight is 280 g/mol. The van der Waals surface area contributed by atoms with Crippen LogP contribution >= 0.6 is 0 Å². The van der Waals surface area contributed by atoms with E-state index in [1.807, 2.05) is 13.0 Å². The third-order valence-corrected chi connectivity index (χ3v) is 3.17. The van der Waals surface area contributed by atoms with Gasteiger partial charge in [-0.25, -0.2) is 0 Å². The van der Waals surface area contributed by atoms with E-state index in [-0.39, 0.29) is 25.9 Å². The average Bonchev–Trinajstić information content (AvgIpc) is 2.85. The molecule has 6 nitrogen and oxygen atoms in total. The Hall–Kier alpha value is -1.95. The van der Waals surface area contributed by atoms with Crippen LogP contribution in [0.4, 0.5) is 0 Å². The highest BCUT2D eigenvalue weighted by atomic mass is 16.7. The van der Waals surface area contributed by atoms with E-state index in [0.29, 0.717) is 23.7 Å². The van der Waals surface area contributed by atoms with Gasteiger partial charge in [0.25, 0.3) is 0 Å². The summed E-state index contributed by atoms with van der Waals surface area (Å²) in [6.45, 7) is 2.48. The number of carbonyl (C=O) groups is 1. The molecular weight excluding hydrogens is 260 g/mol. The molecular formula is C14H20N2O4. The zero-order valence-electron chi connectivity index (χ0n) is 11.6. The first-order valence-corrected chi connectivity index (χ1v) is 6.69. The van der Waals surface area contributed by atoms with Crippen LogP contribution in [-0.4, -0.2) is 25.3 Å². The minimum atomic E-state index is -0.391. The van der Waals surface area contributed by atoms with Crippen LogP contribution in [0.15, 0.2) is 12.1 Å². The highest BCUT2D eigenvalue weighted by Gasteiger charge is 2.19. The predicted octanol–water partition coefficient (Wildman–Crippen LogP) is 0.949. The molecule has 0 aliphatic carbocycles. The van der Waals surface area contributed by atoms with Gasteiger partial charge in [0.1, 0.15) is 5.75 Å². The molecule has 0 bridgehead atoms. The third-order valence-electron chi connectivity index (χ3n) is 3.17. The Bertz CT molecular complexity index is 490. The van der Waals surface area contributed by atoms with E-state index >= 15 is 0 Å². The van der Waals surface area contributed by atoms with E-state index in [1.165, 1.54) is 0 Å². The Morgan fingerprint density at radius 2 is 2.10 bits per heavy atom. The second-order valence-electron chi connectivity index (χ2n) is 4.75. The molecule has 1 unspecified atom stereocenters. The Morgan fingerprint density at radius 1 is 1.40 bits per heavy atom. The van der Waals surface area contributed by atoms with E-state index < -0.39 is 5.91 Å². The molecule has 1 heterocycles. The summed E-state index contributed by atoms with van der Waals surface area (Å²) >= 11 is 0. The van der Waals surface area contributed by atoms with E-state index in [2.05, 4.69) is 0 Å². The summed E-state index contributed by atoms with van der Waals surface area (Å²) in [5.41, 5.74) is 12.0. The summed E-state index contributed by atoms with van der Waals surface area (Å²) in [5.74, 6) is 1.62. The number of carbonyl (C=O) groups excluding carboxylic acids is 1. The summed E-state index contributed by atoms with van der Waals surface area (Å²) < 4.78 is 16.3. The van der Waals surface area contributed by atoms with E-state index in [9.17, 15) is 4.79 Å². The highest BCUT2D eigenvalue weighted by molar-refractivity contribution is 5.73. The molecule has 0 aromatic heterocycles. The van der Waals surface area contributed by atoms with E-state index in [1.54, 1.807) is 6.07 Å². The lowest BCUT2D eigenvalue weighted by Crippen LogP contribution is -2.22. The number of hydrogen-bond acceptors (Lipinski definition) is 5. The molecule has 0 spiro atoms. The van der Waals surface area contributed by atoms with Gasteiger partial charge in [-0.15, -0.1) is 0 Å². The number of benzene rings is 1. The fourth-order valence-corrected chi connectivity index (χ4v) is 1.95. The fraction of sp³-hybridized carbons (Fsp3) is 0.500. The predicted molar refractivity (Wildman–Crippen MR) is 73.8 cm³/mol. The van der Waals surface area contributed by atoms with Gasteiger partial charge in [0.2, 0.25) is 12.7 Å². The number of fused-ring (bicyclic) bond motifs is 1. The van der Waals surface area contributed by atoms with Crippen LogP contribution in [-0.2, 0) is 11.2 Å². The quantitative estimate of drug-likeness (QED) is 0.775. The molecule has 0 saturated carbocycles. The molecule has 1 aliphatic heterocycles. The number of rotatable bonds is 7. The molecule has 0 radical (unpaired) electrons. The van der Waals surface area contributed by atoms with Gasteiger partial charge in [0.05, 0.1) is 13.0 Å². The molecule has 4 N–H and O–H groups in total. The lowest BCUT2D eigenvalue weighted by Gasteiger charge is -2.15. The maximum Gasteiger partial charge on any atom is 0.231 e. The Labute approximate surface area is 118 Å². The standard InChI is InChI=1S/C14H20N2O4/c1-2-10(15)5-9-6-12-13(20-8-19-12)7-11(9)18-4-3-14(16)17/h6-7,10H,2-5,8,15H2,1H3,(H2,16,17). The Morgan fingerprint density at radius 3 is 2.75 bits per heavy atom. The van der Waals surface area contributed by atoms with Crippen molar-refractivity contribution in [1.82, 2.24) is 0 Å². The van der Waals surface area contributed by atoms with Crippen LogP contribution in [0.25, 0.3) is 0 Å². The number of amides is 1. The molecule has 1 atom stereocenters. The smallest absolute Gasteiger partial charge is 0.231 e. The van der Waals surface area contributed by atoms with E-state index in [0.717, 1.165) is 12.0 Å². The SMILES string of the molecule is CCC(N)Cc1cc2c(cc1OCCC(N)=O)OCO2. The van der Waals surface area contributed by atoms with Gasteiger partial charge in [0.15, 0.2) is 11.5 Å². The zero-order chi connectivity index (χ0) is 14.5. The number of hydrogen-bond donors (Lipinski definition) is 2. The normalized spacial score (nSPS) is 14.1. The Kier molecular flexibility index (Phi) is 4.68. The first-order chi connectivity index (χ1) is 9.60. The van der Waals surface area contributed by atoms with Crippen molar-refractivity contribution in [3.05, 3.63) is 17.7 Å². The summed E-state index contributed by atoms with van der Waals surface area (Å²) in [5, 5.41) is 0. The molecule has 1 amide bonds. The molecule has 0 saturated heterocycles. The first kappa shape index (κ1) is 14.5. The van der Waals surface area contributed by atoms with Gasteiger partial charge in [-0.2, -0.15) is 0 Å². The van der Waals surface area contributed by atoms with Crippen molar-refractivity contribution in [2.75, 3.05) is 13.4 Å². The minimum absolute atomic E-state index is 0.0499. The monoisotopic (exact) mass is 280 g/mol. The van der Waals surface area contributed by atoms with Crippen LogP contribution in [0.5, 0.6) is 17.2 Å². The second-order valence-corrected chi connectivity index (χ2v) is 4.75. The molecule has 110 valence electrons. The second kappa shape index (κ2) is 6.47. The number of primary amides is 1. The van der Waals surface area contributed by atoms with Gasteiger partial charge in [0, 0.05) is 12.1 Å². The molecule has 20 heavy (non-hydrogen) atoms. The summed E-state index contributed by atoms with van der Waals surface area (Å²) in [6.07, 6.45) is 1.72. The lowest BCUT2D eigenvalue weighted by atomic mass is 10.0. The summed E-state index contributed by atoms with van der Waals surface area (Å²) in [6, 6.07) is 3.72. The first-order valence-electron chi connectivity index (χ1n) is 6.69. The van der Waals surface area contributed by atoms with Crippen LogP contribution < -0.4 is 25.7 Å². The molecule has 1 aromatic rings. The van der Waals surface area contributed by atoms with Crippen molar-refractivity contribution >= 4 is 5.91 Å². The third kappa shape index (κ3) is 3.54. The molecule has 2 rings (SSSR count). The molecule has 1 aromatic carbocycles. The fourth-order valence-electron chi connectivity index (χ4n) is 1.95. The largest absolute Gasteiger partial charge is 0.493 e. The van der Waals surface area contributed by atoms with Gasteiger partial charge in [-0.3, -0.25) is 4.79 Å². The van der Waals surface area contributed by atoms with Crippen molar-refractivity contribution in [2.24, 2.45) is 11.5 Å².